The molecular weight excluding hydrogens is 292 g/mol. The second-order valence-corrected chi connectivity index (χ2v) is 6.57. The Morgan fingerprint density at radius 1 is 1.18 bits per heavy atom. The first kappa shape index (κ1) is 16.1. The van der Waals surface area contributed by atoms with Crippen LogP contribution in [0, 0.1) is 25.2 Å². The van der Waals surface area contributed by atoms with Gasteiger partial charge in [-0.05, 0) is 56.2 Å². The molecule has 1 amide bonds. The van der Waals surface area contributed by atoms with Gasteiger partial charge >= 0.3 is 0 Å². The summed E-state index contributed by atoms with van der Waals surface area (Å²) in [6, 6.07) is 15.3. The molecule has 0 aliphatic rings. The Bertz CT molecular complexity index is 734. The van der Waals surface area contributed by atoms with Gasteiger partial charge in [0, 0.05) is 4.90 Å². The van der Waals surface area contributed by atoms with Crippen molar-refractivity contribution in [3.8, 4) is 6.07 Å². The molecule has 0 aliphatic heterocycles. The summed E-state index contributed by atoms with van der Waals surface area (Å²) in [5, 5.41) is 11.6. The van der Waals surface area contributed by atoms with Gasteiger partial charge in [0.1, 0.15) is 6.07 Å². The summed E-state index contributed by atoms with van der Waals surface area (Å²) >= 11 is 1.51. The van der Waals surface area contributed by atoms with Gasteiger partial charge in [0.2, 0.25) is 5.91 Å². The SMILES string of the molecule is Cc1ccc(S[C@@H](C)C(=O)Nc2ccccc2C#N)cc1C. The molecule has 0 fully saturated rings. The maximum atomic E-state index is 12.3. The number of nitriles is 1. The van der Waals surface area contributed by atoms with Crippen molar-refractivity contribution < 1.29 is 4.79 Å². The molecule has 112 valence electrons. The molecule has 3 nitrogen and oxygen atoms in total. The van der Waals surface area contributed by atoms with Gasteiger partial charge in [-0.2, -0.15) is 5.26 Å². The van der Waals surface area contributed by atoms with E-state index in [0.717, 1.165) is 4.90 Å². The molecule has 1 atom stereocenters. The first-order chi connectivity index (χ1) is 10.5. The normalized spacial score (nSPS) is 11.5. The van der Waals surface area contributed by atoms with E-state index in [0.29, 0.717) is 11.3 Å². The Morgan fingerprint density at radius 2 is 1.91 bits per heavy atom. The van der Waals surface area contributed by atoms with Crippen LogP contribution in [-0.2, 0) is 4.79 Å². The van der Waals surface area contributed by atoms with Gasteiger partial charge in [0.25, 0.3) is 0 Å². The number of carbonyl (C=O) groups is 1. The molecule has 0 unspecified atom stereocenters. The van der Waals surface area contributed by atoms with Crippen molar-refractivity contribution in [2.45, 2.75) is 30.9 Å². The summed E-state index contributed by atoms with van der Waals surface area (Å²) in [6.45, 7) is 6.00. The lowest BCUT2D eigenvalue weighted by Gasteiger charge is -2.13. The fourth-order valence-corrected chi connectivity index (χ4v) is 2.93. The fraction of sp³-hybridized carbons (Fsp3) is 0.222. The van der Waals surface area contributed by atoms with Gasteiger partial charge in [0.15, 0.2) is 0 Å². The number of para-hydroxylation sites is 1. The molecule has 0 heterocycles. The number of thioether (sulfide) groups is 1. The smallest absolute Gasteiger partial charge is 0.237 e. The van der Waals surface area contributed by atoms with Crippen molar-refractivity contribution in [1.82, 2.24) is 0 Å². The van der Waals surface area contributed by atoms with Crippen LogP contribution in [0.5, 0.6) is 0 Å². The van der Waals surface area contributed by atoms with Crippen molar-refractivity contribution in [1.29, 1.82) is 5.26 Å². The highest BCUT2D eigenvalue weighted by Gasteiger charge is 2.16. The second kappa shape index (κ2) is 7.15. The van der Waals surface area contributed by atoms with E-state index < -0.39 is 0 Å². The Kier molecular flexibility index (Phi) is 5.24. The van der Waals surface area contributed by atoms with E-state index in [-0.39, 0.29) is 11.2 Å². The van der Waals surface area contributed by atoms with E-state index in [2.05, 4.69) is 37.4 Å². The summed E-state index contributed by atoms with van der Waals surface area (Å²) < 4.78 is 0. The number of hydrogen-bond acceptors (Lipinski definition) is 3. The summed E-state index contributed by atoms with van der Waals surface area (Å²) in [4.78, 5) is 13.4. The van der Waals surface area contributed by atoms with Gasteiger partial charge in [0.05, 0.1) is 16.5 Å². The monoisotopic (exact) mass is 310 g/mol. The van der Waals surface area contributed by atoms with E-state index >= 15 is 0 Å². The number of nitrogens with one attached hydrogen (secondary N) is 1. The second-order valence-electron chi connectivity index (χ2n) is 5.15. The van der Waals surface area contributed by atoms with Gasteiger partial charge in [-0.25, -0.2) is 0 Å². The number of anilines is 1. The predicted molar refractivity (Wildman–Crippen MR) is 91.0 cm³/mol. The number of amides is 1. The fourth-order valence-electron chi connectivity index (χ4n) is 1.97. The number of aryl methyl sites for hydroxylation is 2. The summed E-state index contributed by atoms with van der Waals surface area (Å²) in [5.74, 6) is -0.106. The largest absolute Gasteiger partial charge is 0.324 e. The summed E-state index contributed by atoms with van der Waals surface area (Å²) in [7, 11) is 0. The summed E-state index contributed by atoms with van der Waals surface area (Å²) in [5.41, 5.74) is 3.48. The van der Waals surface area contributed by atoms with E-state index in [9.17, 15) is 4.79 Å². The standard InChI is InChI=1S/C18H18N2OS/c1-12-8-9-16(10-13(12)2)22-14(3)18(21)20-17-7-5-4-6-15(17)11-19/h4-10,14H,1-3H3,(H,20,21)/t14-/m0/s1. The lowest BCUT2D eigenvalue weighted by Crippen LogP contribution is -2.22. The van der Waals surface area contributed by atoms with Gasteiger partial charge in [-0.3, -0.25) is 4.79 Å². The molecule has 0 radical (unpaired) electrons. The van der Waals surface area contributed by atoms with Crippen LogP contribution in [0.4, 0.5) is 5.69 Å². The molecule has 22 heavy (non-hydrogen) atoms. The van der Waals surface area contributed by atoms with Crippen molar-refractivity contribution in [2.24, 2.45) is 0 Å². The highest BCUT2D eigenvalue weighted by molar-refractivity contribution is 8.00. The minimum Gasteiger partial charge on any atom is -0.324 e. The molecular formula is C18H18N2OS. The Morgan fingerprint density at radius 3 is 2.59 bits per heavy atom. The zero-order chi connectivity index (χ0) is 16.1. The van der Waals surface area contributed by atoms with Crippen LogP contribution in [0.1, 0.15) is 23.6 Å². The molecule has 2 rings (SSSR count). The highest BCUT2D eigenvalue weighted by Crippen LogP contribution is 2.26. The molecule has 0 bridgehead atoms. The molecule has 1 N–H and O–H groups in total. The zero-order valence-electron chi connectivity index (χ0n) is 12.9. The van der Waals surface area contributed by atoms with Crippen LogP contribution < -0.4 is 5.32 Å². The Balaban J connectivity index is 2.06. The van der Waals surface area contributed by atoms with Crippen molar-refractivity contribution in [2.75, 3.05) is 5.32 Å². The van der Waals surface area contributed by atoms with E-state index in [4.69, 9.17) is 5.26 Å². The van der Waals surface area contributed by atoms with Crippen LogP contribution >= 0.6 is 11.8 Å². The molecule has 0 saturated carbocycles. The minimum absolute atomic E-state index is 0.106. The molecule has 0 aliphatic carbocycles. The van der Waals surface area contributed by atoms with E-state index in [1.54, 1.807) is 24.3 Å². The topological polar surface area (TPSA) is 52.9 Å². The van der Waals surface area contributed by atoms with Crippen LogP contribution in [-0.4, -0.2) is 11.2 Å². The van der Waals surface area contributed by atoms with E-state index in [1.807, 2.05) is 13.0 Å². The number of rotatable bonds is 4. The number of hydrogen-bond donors (Lipinski definition) is 1. The molecule has 2 aromatic carbocycles. The lowest BCUT2D eigenvalue weighted by molar-refractivity contribution is -0.115. The Labute approximate surface area is 135 Å². The van der Waals surface area contributed by atoms with Crippen LogP contribution in [0.15, 0.2) is 47.4 Å². The average Bonchev–Trinajstić information content (AvgIpc) is 2.51. The third-order valence-corrected chi connectivity index (χ3v) is 4.56. The van der Waals surface area contributed by atoms with Crippen molar-refractivity contribution in [3.05, 3.63) is 59.2 Å². The highest BCUT2D eigenvalue weighted by atomic mass is 32.2. The minimum atomic E-state index is -0.242. The maximum absolute atomic E-state index is 12.3. The molecule has 4 heteroatoms. The van der Waals surface area contributed by atoms with Crippen LogP contribution in [0.2, 0.25) is 0 Å². The maximum Gasteiger partial charge on any atom is 0.237 e. The van der Waals surface area contributed by atoms with E-state index in [1.165, 1.54) is 22.9 Å². The first-order valence-corrected chi connectivity index (χ1v) is 7.93. The molecule has 0 aromatic heterocycles. The predicted octanol–water partition coefficient (Wildman–Crippen LogP) is 4.29. The van der Waals surface area contributed by atoms with Gasteiger partial charge in [-0.15, -0.1) is 11.8 Å². The molecule has 0 saturated heterocycles. The van der Waals surface area contributed by atoms with Crippen molar-refractivity contribution >= 4 is 23.4 Å². The first-order valence-electron chi connectivity index (χ1n) is 7.05. The number of nitrogens with zero attached hydrogens (tertiary/aromatic N) is 1. The van der Waals surface area contributed by atoms with Crippen LogP contribution in [0.25, 0.3) is 0 Å². The molecule has 0 spiro atoms. The third kappa shape index (κ3) is 3.90. The van der Waals surface area contributed by atoms with Gasteiger partial charge < -0.3 is 5.32 Å². The molecule has 2 aromatic rings. The number of benzene rings is 2. The zero-order valence-corrected chi connectivity index (χ0v) is 13.7. The number of carbonyl (C=O) groups excluding carboxylic acids is 1. The van der Waals surface area contributed by atoms with Gasteiger partial charge in [-0.1, -0.05) is 18.2 Å². The lowest BCUT2D eigenvalue weighted by atomic mass is 10.1. The summed E-state index contributed by atoms with van der Waals surface area (Å²) in [6.07, 6.45) is 0. The van der Waals surface area contributed by atoms with Crippen molar-refractivity contribution in [3.63, 3.8) is 0 Å². The van der Waals surface area contributed by atoms with Crippen LogP contribution in [0.3, 0.4) is 0 Å². The average molecular weight is 310 g/mol. The third-order valence-electron chi connectivity index (χ3n) is 3.47. The quantitative estimate of drug-likeness (QED) is 0.857. The Hall–Kier alpha value is -2.25.